The molecule has 5 fully saturated rings. The zero-order valence-corrected chi connectivity index (χ0v) is 21.9. The normalized spacial score (nSPS) is 48.6. The SMILES string of the molecule is C[C@@H](CC[C@H]1O[C@H]2C[C@H]3[C@@H]4CC[C@@H]5CC(=O)CC[C@]5(C)[C@H]4CC[C@]3(C)[C@H]2[C@@H]1C)Cc1ncc[nH]1. The molecule has 0 radical (unpaired) electrons. The van der Waals surface area contributed by atoms with Gasteiger partial charge in [0.15, 0.2) is 0 Å². The second-order valence-electron chi connectivity index (χ2n) is 13.7. The molecular formula is C30H46N2O2. The number of Topliss-reactive ketones (excluding diaryl/α,β-unsaturated/α-hetero) is 1. The molecule has 1 aromatic heterocycles. The minimum atomic E-state index is 0.412. The first-order valence-corrected chi connectivity index (χ1v) is 14.4. The molecule has 0 unspecified atom stereocenters. The summed E-state index contributed by atoms with van der Waals surface area (Å²) in [6.45, 7) is 10.1. The van der Waals surface area contributed by atoms with E-state index in [1.807, 2.05) is 12.4 Å². The molecule has 4 aliphatic carbocycles. The second kappa shape index (κ2) is 8.46. The second-order valence-corrected chi connectivity index (χ2v) is 13.7. The summed E-state index contributed by atoms with van der Waals surface area (Å²) in [7, 11) is 0. The van der Waals surface area contributed by atoms with E-state index in [1.54, 1.807) is 0 Å². The summed E-state index contributed by atoms with van der Waals surface area (Å²) in [5.74, 6) is 6.88. The van der Waals surface area contributed by atoms with E-state index < -0.39 is 0 Å². The van der Waals surface area contributed by atoms with Crippen LogP contribution < -0.4 is 0 Å². The first-order chi connectivity index (χ1) is 16.3. The van der Waals surface area contributed by atoms with Crippen molar-refractivity contribution >= 4 is 5.78 Å². The molecule has 0 amide bonds. The molecule has 1 aliphatic heterocycles. The number of carbonyl (C=O) groups is 1. The van der Waals surface area contributed by atoms with Gasteiger partial charge in [-0.15, -0.1) is 0 Å². The van der Waals surface area contributed by atoms with Crippen molar-refractivity contribution in [3.63, 3.8) is 0 Å². The van der Waals surface area contributed by atoms with Crippen LogP contribution in [0.5, 0.6) is 0 Å². The third-order valence-corrected chi connectivity index (χ3v) is 12.1. The van der Waals surface area contributed by atoms with E-state index in [-0.39, 0.29) is 0 Å². The molecule has 0 bridgehead atoms. The molecule has 4 nitrogen and oxygen atoms in total. The van der Waals surface area contributed by atoms with Crippen molar-refractivity contribution in [1.82, 2.24) is 9.97 Å². The molecule has 0 aromatic carbocycles. The number of nitrogens with one attached hydrogen (secondary N) is 1. The Kier molecular flexibility index (Phi) is 5.78. The summed E-state index contributed by atoms with van der Waals surface area (Å²) < 4.78 is 6.90. The number of H-pyrrole nitrogens is 1. The number of carbonyl (C=O) groups excluding carboxylic acids is 1. The number of aromatic amines is 1. The lowest BCUT2D eigenvalue weighted by atomic mass is 9.44. The summed E-state index contributed by atoms with van der Waals surface area (Å²) in [6, 6.07) is 0. The Balaban J connectivity index is 1.12. The Labute approximate surface area is 206 Å². The van der Waals surface area contributed by atoms with Gasteiger partial charge >= 0.3 is 0 Å². The lowest BCUT2D eigenvalue weighted by molar-refractivity contribution is -0.140. The summed E-state index contributed by atoms with van der Waals surface area (Å²) >= 11 is 0. The van der Waals surface area contributed by atoms with Crippen LogP contribution in [0.2, 0.25) is 0 Å². The highest BCUT2D eigenvalue weighted by Crippen LogP contribution is 2.69. The zero-order chi connectivity index (χ0) is 23.7. The molecule has 188 valence electrons. The standard InChI is InChI=1S/C30H46N2O2/c1-18(15-27-31-13-14-32-27)5-8-25-19(2)28-26(34-25)17-24-22-7-6-20-16-21(33)9-11-29(20,3)23(22)10-12-30(24,28)4/h13-14,18-20,22-26,28H,5-12,15-17H2,1-4H3,(H,31,32)/t18-,19+,20+,22+,23-,24-,25+,26-,28-,29-,30-/m0/s1. The van der Waals surface area contributed by atoms with Crippen LogP contribution in [0.3, 0.4) is 0 Å². The fourth-order valence-electron chi connectivity index (χ4n) is 10.4. The van der Waals surface area contributed by atoms with Gasteiger partial charge in [-0.05, 0) is 104 Å². The summed E-state index contributed by atoms with van der Waals surface area (Å²) in [5.41, 5.74) is 0.864. The Morgan fingerprint density at radius 1 is 1.18 bits per heavy atom. The van der Waals surface area contributed by atoms with Crippen molar-refractivity contribution in [3.05, 3.63) is 18.2 Å². The van der Waals surface area contributed by atoms with Crippen LogP contribution in [0.4, 0.5) is 0 Å². The molecule has 0 spiro atoms. The molecule has 1 N–H and O–H groups in total. The van der Waals surface area contributed by atoms with Gasteiger partial charge in [-0.3, -0.25) is 4.79 Å². The van der Waals surface area contributed by atoms with Gasteiger partial charge in [0.25, 0.3) is 0 Å². The molecule has 2 heterocycles. The van der Waals surface area contributed by atoms with Crippen molar-refractivity contribution < 1.29 is 9.53 Å². The molecule has 4 heteroatoms. The van der Waals surface area contributed by atoms with Crippen molar-refractivity contribution in [2.45, 2.75) is 111 Å². The summed E-state index contributed by atoms with van der Waals surface area (Å²) in [4.78, 5) is 19.9. The Bertz CT molecular complexity index is 898. The van der Waals surface area contributed by atoms with Crippen LogP contribution in [0.15, 0.2) is 12.4 Å². The van der Waals surface area contributed by atoms with E-state index in [2.05, 4.69) is 37.7 Å². The molecule has 34 heavy (non-hydrogen) atoms. The van der Waals surface area contributed by atoms with E-state index >= 15 is 0 Å². The smallest absolute Gasteiger partial charge is 0.133 e. The fraction of sp³-hybridized carbons (Fsp3) is 0.867. The number of hydrogen-bond donors (Lipinski definition) is 1. The average molecular weight is 467 g/mol. The highest BCUT2D eigenvalue weighted by atomic mass is 16.5. The molecule has 6 rings (SSSR count). The van der Waals surface area contributed by atoms with Gasteiger partial charge in [-0.1, -0.05) is 27.7 Å². The quantitative estimate of drug-likeness (QED) is 0.531. The number of rotatable bonds is 5. The van der Waals surface area contributed by atoms with Crippen LogP contribution in [-0.4, -0.2) is 28.0 Å². The Hall–Kier alpha value is -1.16. The summed E-state index contributed by atoms with van der Waals surface area (Å²) in [6.07, 6.45) is 17.7. The van der Waals surface area contributed by atoms with Crippen molar-refractivity contribution in [2.75, 3.05) is 0 Å². The first kappa shape index (κ1) is 23.3. The number of aromatic nitrogens is 2. The van der Waals surface area contributed by atoms with Crippen LogP contribution in [0.25, 0.3) is 0 Å². The van der Waals surface area contributed by atoms with E-state index in [0.29, 0.717) is 46.6 Å². The number of hydrogen-bond acceptors (Lipinski definition) is 3. The van der Waals surface area contributed by atoms with Crippen molar-refractivity contribution in [3.8, 4) is 0 Å². The average Bonchev–Trinajstić information content (AvgIpc) is 3.49. The largest absolute Gasteiger partial charge is 0.374 e. The highest BCUT2D eigenvalue weighted by Gasteiger charge is 2.65. The van der Waals surface area contributed by atoms with Gasteiger partial charge in [0.05, 0.1) is 12.2 Å². The number of fused-ring (bicyclic) bond motifs is 7. The van der Waals surface area contributed by atoms with Crippen LogP contribution in [0.1, 0.15) is 97.7 Å². The lowest BCUT2D eigenvalue weighted by Gasteiger charge is -2.60. The maximum absolute atomic E-state index is 12.2. The number of ether oxygens (including phenoxy) is 1. The summed E-state index contributed by atoms with van der Waals surface area (Å²) in [5, 5.41) is 0. The van der Waals surface area contributed by atoms with Gasteiger partial charge < -0.3 is 9.72 Å². The molecule has 4 saturated carbocycles. The molecule has 5 aliphatic rings. The van der Waals surface area contributed by atoms with Gasteiger partial charge in [0, 0.05) is 31.7 Å². The topological polar surface area (TPSA) is 55.0 Å². The molecule has 1 aromatic rings. The lowest BCUT2D eigenvalue weighted by Crippen LogP contribution is -2.54. The van der Waals surface area contributed by atoms with Crippen LogP contribution >= 0.6 is 0 Å². The van der Waals surface area contributed by atoms with Gasteiger partial charge in [0.2, 0.25) is 0 Å². The zero-order valence-electron chi connectivity index (χ0n) is 21.9. The predicted octanol–water partition coefficient (Wildman–Crippen LogP) is 6.61. The maximum Gasteiger partial charge on any atom is 0.133 e. The van der Waals surface area contributed by atoms with Crippen molar-refractivity contribution in [1.29, 1.82) is 0 Å². The van der Waals surface area contributed by atoms with E-state index in [9.17, 15) is 4.79 Å². The monoisotopic (exact) mass is 466 g/mol. The van der Waals surface area contributed by atoms with Crippen LogP contribution in [-0.2, 0) is 16.0 Å². The van der Waals surface area contributed by atoms with E-state index in [0.717, 1.165) is 55.2 Å². The molecule has 1 saturated heterocycles. The van der Waals surface area contributed by atoms with Gasteiger partial charge in [-0.2, -0.15) is 0 Å². The molecule has 11 atom stereocenters. The first-order valence-electron chi connectivity index (χ1n) is 14.4. The highest BCUT2D eigenvalue weighted by molar-refractivity contribution is 5.79. The maximum atomic E-state index is 12.2. The number of nitrogens with zero attached hydrogens (tertiary/aromatic N) is 1. The third kappa shape index (κ3) is 3.56. The van der Waals surface area contributed by atoms with Gasteiger partial charge in [-0.25, -0.2) is 4.98 Å². The third-order valence-electron chi connectivity index (χ3n) is 12.1. The number of imidazole rings is 1. The van der Waals surface area contributed by atoms with Gasteiger partial charge in [0.1, 0.15) is 11.6 Å². The minimum absolute atomic E-state index is 0.412. The fourth-order valence-corrected chi connectivity index (χ4v) is 10.4. The van der Waals surface area contributed by atoms with E-state index in [4.69, 9.17) is 4.74 Å². The Morgan fingerprint density at radius 3 is 2.82 bits per heavy atom. The number of ketones is 1. The molecular weight excluding hydrogens is 420 g/mol. The van der Waals surface area contributed by atoms with E-state index in [1.165, 1.54) is 44.9 Å². The van der Waals surface area contributed by atoms with Crippen LogP contribution in [0, 0.1) is 52.3 Å². The minimum Gasteiger partial charge on any atom is -0.374 e. The Morgan fingerprint density at radius 2 is 2.03 bits per heavy atom. The predicted molar refractivity (Wildman–Crippen MR) is 134 cm³/mol. The van der Waals surface area contributed by atoms with Crippen molar-refractivity contribution in [2.24, 2.45) is 52.3 Å².